The lowest BCUT2D eigenvalue weighted by Gasteiger charge is -2.66. The molecule has 4 aliphatic carbocycles. The zero-order valence-electron chi connectivity index (χ0n) is 33.1. The average molecular weight is 789 g/mol. The fourth-order valence-electron chi connectivity index (χ4n) is 12.3. The smallest absolute Gasteiger partial charge is 0.186 e. The number of hydrogen-bond donors (Lipinski definition) is 10. The summed E-state index contributed by atoms with van der Waals surface area (Å²) >= 11 is 0. The summed E-state index contributed by atoms with van der Waals surface area (Å²) in [6.07, 6.45) is -7.96. The molecule has 0 radical (unpaired) electrons. The second-order valence-corrected chi connectivity index (χ2v) is 18.6. The minimum Gasteiger partial charge on any atom is -0.393 e. The fraction of sp³-hybridized carbons (Fsp3) is 0.950. The number of methoxy groups -OCH3 is 1. The van der Waals surface area contributed by atoms with Crippen molar-refractivity contribution < 1.29 is 74.7 Å². The maximum Gasteiger partial charge on any atom is 0.186 e. The van der Waals surface area contributed by atoms with Gasteiger partial charge in [-0.2, -0.15) is 0 Å². The Kier molecular flexibility index (Phi) is 13.2. The molecule has 0 aromatic carbocycles. The Morgan fingerprint density at radius 3 is 2.07 bits per heavy atom. The molecule has 2 aliphatic heterocycles. The van der Waals surface area contributed by atoms with Crippen molar-refractivity contribution in [3.05, 3.63) is 12.2 Å². The largest absolute Gasteiger partial charge is 0.393 e. The van der Waals surface area contributed by atoms with E-state index in [1.807, 2.05) is 20.8 Å². The Hall–Kier alpha value is -0.860. The van der Waals surface area contributed by atoms with Crippen LogP contribution in [-0.4, -0.2) is 163 Å². The molecule has 0 aromatic heterocycles. The van der Waals surface area contributed by atoms with Crippen LogP contribution in [0.3, 0.4) is 0 Å². The molecular formula is C40H68O15. The van der Waals surface area contributed by atoms with Crippen LogP contribution in [0.5, 0.6) is 0 Å². The number of hydrogen-bond acceptors (Lipinski definition) is 15. The Bertz CT molecular complexity index is 1320. The first-order chi connectivity index (χ1) is 25.8. The molecule has 6 fully saturated rings. The van der Waals surface area contributed by atoms with Crippen molar-refractivity contribution in [3.63, 3.8) is 0 Å². The normalized spacial score (nSPS) is 52.8. The molecule has 0 amide bonds. The summed E-state index contributed by atoms with van der Waals surface area (Å²) in [4.78, 5) is 0. The lowest BCUT2D eigenvalue weighted by Crippen LogP contribution is -2.71. The number of ether oxygens (including phenoxy) is 5. The topological polar surface area (TPSA) is 248 Å². The number of aliphatic hydroxyl groups is 10. The van der Waals surface area contributed by atoms with Crippen LogP contribution in [0.1, 0.15) is 73.1 Å². The zero-order valence-corrected chi connectivity index (χ0v) is 33.1. The van der Waals surface area contributed by atoms with Crippen LogP contribution >= 0.6 is 0 Å². The highest BCUT2D eigenvalue weighted by molar-refractivity contribution is 5.23. The highest BCUT2D eigenvalue weighted by Crippen LogP contribution is 2.69. The lowest BCUT2D eigenvalue weighted by molar-refractivity contribution is -0.330. The minimum atomic E-state index is -1.50. The summed E-state index contributed by atoms with van der Waals surface area (Å²) in [6, 6.07) is 0. The molecule has 0 bridgehead atoms. The molecule has 6 rings (SSSR count). The average Bonchev–Trinajstić information content (AvgIpc) is 3.33. The Morgan fingerprint density at radius 1 is 0.727 bits per heavy atom. The van der Waals surface area contributed by atoms with Gasteiger partial charge in [0.2, 0.25) is 0 Å². The predicted molar refractivity (Wildman–Crippen MR) is 195 cm³/mol. The summed E-state index contributed by atoms with van der Waals surface area (Å²) in [5.41, 5.74) is -2.75. The first-order valence-electron chi connectivity index (χ1n) is 20.4. The number of rotatable bonds is 11. The van der Waals surface area contributed by atoms with Crippen molar-refractivity contribution in [2.24, 2.45) is 52.3 Å². The van der Waals surface area contributed by atoms with Gasteiger partial charge in [-0.15, -0.1) is 0 Å². The van der Waals surface area contributed by atoms with E-state index in [0.717, 1.165) is 0 Å². The summed E-state index contributed by atoms with van der Waals surface area (Å²) in [5, 5.41) is 110. The van der Waals surface area contributed by atoms with Gasteiger partial charge in [0, 0.05) is 25.4 Å². The van der Waals surface area contributed by atoms with Crippen molar-refractivity contribution in [1.29, 1.82) is 0 Å². The van der Waals surface area contributed by atoms with E-state index in [-0.39, 0.29) is 55.8 Å². The highest BCUT2D eigenvalue weighted by atomic mass is 16.7. The molecular weight excluding hydrogens is 720 g/mol. The van der Waals surface area contributed by atoms with Crippen molar-refractivity contribution in [3.8, 4) is 0 Å². The van der Waals surface area contributed by atoms with Gasteiger partial charge in [0.25, 0.3) is 0 Å². The van der Waals surface area contributed by atoms with Crippen molar-refractivity contribution in [2.75, 3.05) is 26.9 Å². The minimum absolute atomic E-state index is 0.0382. The molecule has 22 atom stereocenters. The number of allylic oxidation sites excluding steroid dienone is 2. The van der Waals surface area contributed by atoms with Crippen molar-refractivity contribution in [1.82, 2.24) is 0 Å². The Balaban J connectivity index is 1.08. The maximum absolute atomic E-state index is 12.6. The molecule has 15 heteroatoms. The Morgan fingerprint density at radius 2 is 1.40 bits per heavy atom. The summed E-state index contributed by atoms with van der Waals surface area (Å²) in [7, 11) is 1.40. The third kappa shape index (κ3) is 7.61. The van der Waals surface area contributed by atoms with Gasteiger partial charge in [-0.25, -0.2) is 0 Å². The van der Waals surface area contributed by atoms with Crippen LogP contribution < -0.4 is 0 Å². The van der Waals surface area contributed by atoms with Crippen LogP contribution in [0, 0.1) is 52.3 Å². The van der Waals surface area contributed by atoms with Crippen LogP contribution in [-0.2, 0) is 23.7 Å². The molecule has 2 heterocycles. The Labute approximate surface area is 324 Å². The molecule has 4 saturated carbocycles. The molecule has 2 saturated heterocycles. The summed E-state index contributed by atoms with van der Waals surface area (Å²) in [5.74, 6) is -1.89. The molecule has 0 spiro atoms. The van der Waals surface area contributed by atoms with Gasteiger partial charge in [-0.1, -0.05) is 46.8 Å². The first-order valence-corrected chi connectivity index (χ1v) is 20.4. The van der Waals surface area contributed by atoms with Gasteiger partial charge in [0.15, 0.2) is 12.6 Å². The van der Waals surface area contributed by atoms with Crippen LogP contribution in [0.15, 0.2) is 12.2 Å². The monoisotopic (exact) mass is 788 g/mol. The van der Waals surface area contributed by atoms with Gasteiger partial charge in [0.05, 0.1) is 55.9 Å². The summed E-state index contributed by atoms with van der Waals surface area (Å²) < 4.78 is 28.4. The highest BCUT2D eigenvalue weighted by Gasteiger charge is 2.73. The quantitative estimate of drug-likeness (QED) is 0.118. The molecule has 15 nitrogen and oxygen atoms in total. The zero-order chi connectivity index (χ0) is 40.4. The number of aliphatic hydroxyl groups excluding tert-OH is 9. The second-order valence-electron chi connectivity index (χ2n) is 18.6. The van der Waals surface area contributed by atoms with Crippen molar-refractivity contribution >= 4 is 0 Å². The van der Waals surface area contributed by atoms with E-state index in [9.17, 15) is 51.1 Å². The molecule has 3 unspecified atom stereocenters. The molecule has 0 aromatic rings. The molecule has 6 aliphatic rings. The van der Waals surface area contributed by atoms with Gasteiger partial charge in [-0.05, 0) is 72.5 Å². The van der Waals surface area contributed by atoms with E-state index in [1.165, 1.54) is 7.11 Å². The fourth-order valence-corrected chi connectivity index (χ4v) is 12.3. The van der Waals surface area contributed by atoms with E-state index >= 15 is 0 Å². The second kappa shape index (κ2) is 16.7. The van der Waals surface area contributed by atoms with E-state index in [2.05, 4.69) is 26.0 Å². The SMILES string of the molecule is CO[C@@H]1[C@@H](O)[C@H](OCC[C@@H](/C=C/[C@@H](C)[C@H]2[C@@H](O)[C@@H](O)[C@@H]3[C@]2(C)CCC2[C@@]4(C)CC[C@H](O)[C@H](O)C4C(O)C[C@]23O)C(C)C)OC[C@H]1O[C@@H]1OC[C@H](O)[C@H](O)[C@H]1O. The van der Waals surface area contributed by atoms with Crippen LogP contribution in [0.4, 0.5) is 0 Å². The van der Waals surface area contributed by atoms with Gasteiger partial charge in [0.1, 0.15) is 36.6 Å². The molecule has 55 heavy (non-hydrogen) atoms. The standard InChI is InChI=1S/C40H68O15/c1-18(2)20(11-14-52-36-33(49)34(51-6)24(17-54-36)55-37-32(48)29(45)23(43)16-53-37)8-7-19(3)26-30(46)31(47)35-39(26,5)13-10-25-38(4)12-9-21(41)28(44)27(38)22(42)15-40(25,35)50/h7-8,18-37,41-50H,9-17H2,1-6H3/b8-7+/t19-,20-,21+,22?,23+,24-,25?,26+,27?,28+,29+,30-,31-,32-,33-,34+,35-,36-,37+,38-,39-,40+/m1/s1. The third-order valence-corrected chi connectivity index (χ3v) is 15.2. The predicted octanol–water partition coefficient (Wildman–Crippen LogP) is -0.568. The molecule has 10 N–H and O–H groups in total. The number of fused-ring (bicyclic) bond motifs is 5. The van der Waals surface area contributed by atoms with E-state index in [0.29, 0.717) is 32.1 Å². The van der Waals surface area contributed by atoms with Gasteiger partial charge < -0.3 is 74.7 Å². The first kappa shape index (κ1) is 43.7. The third-order valence-electron chi connectivity index (χ3n) is 15.2. The maximum atomic E-state index is 12.6. The molecule has 318 valence electrons. The lowest BCUT2D eigenvalue weighted by atomic mass is 9.41. The van der Waals surface area contributed by atoms with Gasteiger partial charge >= 0.3 is 0 Å². The van der Waals surface area contributed by atoms with Crippen LogP contribution in [0.25, 0.3) is 0 Å². The van der Waals surface area contributed by atoms with Crippen molar-refractivity contribution in [2.45, 2.75) is 158 Å². The van der Waals surface area contributed by atoms with E-state index in [4.69, 9.17) is 23.7 Å². The van der Waals surface area contributed by atoms with Crippen LogP contribution in [0.2, 0.25) is 0 Å². The van der Waals surface area contributed by atoms with E-state index < -0.39 is 108 Å². The van der Waals surface area contributed by atoms with Gasteiger partial charge in [-0.3, -0.25) is 0 Å². The van der Waals surface area contributed by atoms with E-state index in [1.54, 1.807) is 0 Å². The summed E-state index contributed by atoms with van der Waals surface area (Å²) in [6.45, 7) is 10.2.